The lowest BCUT2D eigenvalue weighted by atomic mass is 9.84. The van der Waals surface area contributed by atoms with E-state index in [0.29, 0.717) is 18.7 Å². The molecule has 0 unspecified atom stereocenters. The minimum Gasteiger partial charge on any atom is -0.494 e. The summed E-state index contributed by atoms with van der Waals surface area (Å²) in [5.41, 5.74) is 0.745. The van der Waals surface area contributed by atoms with E-state index in [4.69, 9.17) is 9.47 Å². The van der Waals surface area contributed by atoms with Crippen LogP contribution in [0.2, 0.25) is 0 Å². The van der Waals surface area contributed by atoms with Crippen LogP contribution in [-0.4, -0.2) is 43.3 Å². The molecule has 2 aliphatic heterocycles. The number of rotatable bonds is 3. The second kappa shape index (κ2) is 6.35. The number of ether oxygens (including phenoxy) is 2. The van der Waals surface area contributed by atoms with Gasteiger partial charge in [-0.15, -0.1) is 0 Å². The Bertz CT molecular complexity index is 579. The van der Waals surface area contributed by atoms with E-state index in [9.17, 15) is 9.18 Å². The molecule has 1 aromatic rings. The number of halogens is 1. The SMILES string of the molecule is COc1ccc([C@@H](C)NC(=O)N2CCC3(CCO3)CC2)cc1F. The number of carbonyl (C=O) groups excluding carboxylic acids is 1. The molecular weight excluding hydrogens is 299 g/mol. The number of benzene rings is 1. The van der Waals surface area contributed by atoms with Gasteiger partial charge in [0.15, 0.2) is 11.6 Å². The van der Waals surface area contributed by atoms with Gasteiger partial charge in [-0.1, -0.05) is 6.07 Å². The summed E-state index contributed by atoms with van der Waals surface area (Å²) >= 11 is 0. The van der Waals surface area contributed by atoms with Crippen molar-refractivity contribution in [3.05, 3.63) is 29.6 Å². The Morgan fingerprint density at radius 1 is 1.39 bits per heavy atom. The van der Waals surface area contributed by atoms with Crippen LogP contribution in [0.25, 0.3) is 0 Å². The number of nitrogens with one attached hydrogen (secondary N) is 1. The molecular formula is C17H23FN2O3. The van der Waals surface area contributed by atoms with Gasteiger partial charge in [-0.25, -0.2) is 9.18 Å². The van der Waals surface area contributed by atoms with Crippen LogP contribution in [0.15, 0.2) is 18.2 Å². The first-order valence-electron chi connectivity index (χ1n) is 8.06. The summed E-state index contributed by atoms with van der Waals surface area (Å²) in [6.07, 6.45) is 2.89. The molecule has 0 bridgehead atoms. The largest absolute Gasteiger partial charge is 0.494 e. The number of nitrogens with zero attached hydrogens (tertiary/aromatic N) is 1. The normalized spacial score (nSPS) is 20.7. The molecule has 2 aliphatic rings. The molecule has 0 radical (unpaired) electrons. The third-order valence-electron chi connectivity index (χ3n) is 4.94. The number of methoxy groups -OCH3 is 1. The van der Waals surface area contributed by atoms with Crippen LogP contribution < -0.4 is 10.1 Å². The zero-order valence-electron chi connectivity index (χ0n) is 13.6. The molecule has 0 saturated carbocycles. The third-order valence-corrected chi connectivity index (χ3v) is 4.94. The van der Waals surface area contributed by atoms with Crippen molar-refractivity contribution in [2.24, 2.45) is 0 Å². The van der Waals surface area contributed by atoms with Gasteiger partial charge in [0.1, 0.15) is 0 Å². The van der Waals surface area contributed by atoms with E-state index >= 15 is 0 Å². The lowest BCUT2D eigenvalue weighted by Crippen LogP contribution is -2.55. The third kappa shape index (κ3) is 3.27. The van der Waals surface area contributed by atoms with Crippen molar-refractivity contribution in [2.75, 3.05) is 26.8 Å². The average Bonchev–Trinajstić information content (AvgIpc) is 2.53. The molecule has 1 spiro atoms. The Balaban J connectivity index is 1.56. The zero-order valence-corrected chi connectivity index (χ0v) is 13.6. The molecule has 5 nitrogen and oxygen atoms in total. The van der Waals surface area contributed by atoms with E-state index < -0.39 is 5.82 Å². The van der Waals surface area contributed by atoms with Crippen molar-refractivity contribution < 1.29 is 18.7 Å². The molecule has 0 aromatic heterocycles. The van der Waals surface area contributed by atoms with Crippen LogP contribution in [0, 0.1) is 5.82 Å². The van der Waals surface area contributed by atoms with E-state index in [1.54, 1.807) is 12.1 Å². The fourth-order valence-corrected chi connectivity index (χ4v) is 3.21. The van der Waals surface area contributed by atoms with E-state index in [0.717, 1.165) is 25.9 Å². The quantitative estimate of drug-likeness (QED) is 0.931. The van der Waals surface area contributed by atoms with Gasteiger partial charge in [-0.2, -0.15) is 0 Å². The van der Waals surface area contributed by atoms with Crippen molar-refractivity contribution in [2.45, 2.75) is 37.8 Å². The number of urea groups is 1. The van der Waals surface area contributed by atoms with Crippen molar-refractivity contribution in [3.8, 4) is 5.75 Å². The summed E-state index contributed by atoms with van der Waals surface area (Å²) in [7, 11) is 1.43. The van der Waals surface area contributed by atoms with Gasteiger partial charge in [0.25, 0.3) is 0 Å². The fourth-order valence-electron chi connectivity index (χ4n) is 3.21. The first-order valence-corrected chi connectivity index (χ1v) is 8.06. The maximum Gasteiger partial charge on any atom is 0.317 e. The Morgan fingerprint density at radius 2 is 2.09 bits per heavy atom. The van der Waals surface area contributed by atoms with Crippen molar-refractivity contribution >= 4 is 6.03 Å². The number of amides is 2. The average molecular weight is 322 g/mol. The molecule has 1 N–H and O–H groups in total. The van der Waals surface area contributed by atoms with Crippen LogP contribution in [0.1, 0.15) is 37.8 Å². The molecule has 2 saturated heterocycles. The minimum atomic E-state index is -0.423. The standard InChI is InChI=1S/C17H23FN2O3/c1-12(13-3-4-15(22-2)14(18)11-13)19-16(21)20-8-5-17(6-9-20)7-10-23-17/h3-4,11-12H,5-10H2,1-2H3,(H,19,21)/t12-/m1/s1. The highest BCUT2D eigenvalue weighted by Crippen LogP contribution is 2.36. The van der Waals surface area contributed by atoms with Crippen LogP contribution in [0.4, 0.5) is 9.18 Å². The van der Waals surface area contributed by atoms with Gasteiger partial charge in [0.05, 0.1) is 25.4 Å². The summed E-state index contributed by atoms with van der Waals surface area (Å²) in [4.78, 5) is 14.2. The number of likely N-dealkylation sites (tertiary alicyclic amines) is 1. The number of carbonyl (C=O) groups is 1. The van der Waals surface area contributed by atoms with Crippen molar-refractivity contribution in [1.29, 1.82) is 0 Å². The lowest BCUT2D eigenvalue weighted by molar-refractivity contribution is -0.169. The molecule has 3 rings (SSSR count). The maximum atomic E-state index is 13.8. The van der Waals surface area contributed by atoms with Crippen LogP contribution in [0.5, 0.6) is 5.75 Å². The van der Waals surface area contributed by atoms with Gasteiger partial charge in [0.2, 0.25) is 0 Å². The minimum absolute atomic E-state index is 0.0293. The molecule has 2 fully saturated rings. The summed E-state index contributed by atoms with van der Waals surface area (Å²) in [5, 5.41) is 2.93. The molecule has 1 aromatic carbocycles. The Kier molecular flexibility index (Phi) is 4.43. The lowest BCUT2D eigenvalue weighted by Gasteiger charge is -2.47. The second-order valence-corrected chi connectivity index (χ2v) is 6.33. The van der Waals surface area contributed by atoms with Crippen molar-refractivity contribution in [1.82, 2.24) is 10.2 Å². The Labute approximate surface area is 135 Å². The van der Waals surface area contributed by atoms with Crippen LogP contribution >= 0.6 is 0 Å². The maximum absolute atomic E-state index is 13.8. The molecule has 0 aliphatic carbocycles. The molecule has 1 atom stereocenters. The highest BCUT2D eigenvalue weighted by Gasteiger charge is 2.42. The van der Waals surface area contributed by atoms with Gasteiger partial charge in [0, 0.05) is 13.1 Å². The summed E-state index contributed by atoms with van der Waals surface area (Å²) in [6.45, 7) is 4.09. The van der Waals surface area contributed by atoms with Crippen molar-refractivity contribution in [3.63, 3.8) is 0 Å². The second-order valence-electron chi connectivity index (χ2n) is 6.33. The van der Waals surface area contributed by atoms with E-state index in [1.807, 2.05) is 11.8 Å². The van der Waals surface area contributed by atoms with E-state index in [-0.39, 0.29) is 23.4 Å². The number of hydrogen-bond donors (Lipinski definition) is 1. The first kappa shape index (κ1) is 16.1. The smallest absolute Gasteiger partial charge is 0.317 e. The van der Waals surface area contributed by atoms with Gasteiger partial charge in [-0.3, -0.25) is 0 Å². The fraction of sp³-hybridized carbons (Fsp3) is 0.588. The summed E-state index contributed by atoms with van der Waals surface area (Å²) < 4.78 is 24.3. The topological polar surface area (TPSA) is 50.8 Å². The number of piperidine rings is 1. The molecule has 2 amide bonds. The first-order chi connectivity index (χ1) is 11.0. The summed E-state index contributed by atoms with van der Waals surface area (Å²) in [5.74, 6) is -0.220. The van der Waals surface area contributed by atoms with Crippen LogP contribution in [0.3, 0.4) is 0 Å². The zero-order chi connectivity index (χ0) is 16.4. The van der Waals surface area contributed by atoms with Gasteiger partial charge >= 0.3 is 6.03 Å². The Morgan fingerprint density at radius 3 is 2.61 bits per heavy atom. The molecule has 126 valence electrons. The molecule has 6 heteroatoms. The number of hydrogen-bond acceptors (Lipinski definition) is 3. The Hall–Kier alpha value is -1.82. The van der Waals surface area contributed by atoms with E-state index in [2.05, 4.69) is 5.32 Å². The highest BCUT2D eigenvalue weighted by atomic mass is 19.1. The van der Waals surface area contributed by atoms with Gasteiger partial charge in [-0.05, 0) is 43.9 Å². The van der Waals surface area contributed by atoms with Crippen LogP contribution in [-0.2, 0) is 4.74 Å². The summed E-state index contributed by atoms with van der Waals surface area (Å²) in [6, 6.07) is 4.37. The van der Waals surface area contributed by atoms with Gasteiger partial charge < -0.3 is 19.7 Å². The predicted molar refractivity (Wildman–Crippen MR) is 84.0 cm³/mol. The highest BCUT2D eigenvalue weighted by molar-refractivity contribution is 5.74. The van der Waals surface area contributed by atoms with E-state index in [1.165, 1.54) is 13.2 Å². The molecule has 23 heavy (non-hydrogen) atoms. The predicted octanol–water partition coefficient (Wildman–Crippen LogP) is 2.86. The molecule has 2 heterocycles. The monoisotopic (exact) mass is 322 g/mol.